The van der Waals surface area contributed by atoms with Crippen LogP contribution in [0, 0.1) is 0 Å². The molecule has 2 aromatic heterocycles. The fraction of sp³-hybridized carbons (Fsp3) is 0.556. The Morgan fingerprint density at radius 3 is 1.87 bits per heavy atom. The first-order chi connectivity index (χ1) is 21.8. The van der Waals surface area contributed by atoms with E-state index in [0.717, 1.165) is 0 Å². The predicted octanol–water partition coefficient (Wildman–Crippen LogP) is -3.36. The van der Waals surface area contributed by atoms with Crippen LogP contribution in [0.5, 0.6) is 0 Å². The van der Waals surface area contributed by atoms with Gasteiger partial charge in [-0.2, -0.15) is 0 Å². The summed E-state index contributed by atoms with van der Waals surface area (Å²) in [6.07, 6.45) is 4.03. The second-order valence-corrected chi connectivity index (χ2v) is 10.6. The maximum absolute atomic E-state index is 13.4. The molecule has 0 aliphatic carbocycles. The molecule has 254 valence electrons. The van der Waals surface area contributed by atoms with Crippen molar-refractivity contribution in [1.29, 1.82) is 0 Å². The molecule has 0 spiro atoms. The summed E-state index contributed by atoms with van der Waals surface area (Å²) in [6, 6.07) is -6.92. The van der Waals surface area contributed by atoms with Gasteiger partial charge in [0.05, 0.1) is 24.8 Å². The topological polar surface area (TPSA) is 321 Å². The van der Waals surface area contributed by atoms with E-state index in [1.54, 1.807) is 0 Å². The van der Waals surface area contributed by atoms with E-state index in [2.05, 4.69) is 41.2 Å². The summed E-state index contributed by atoms with van der Waals surface area (Å²) >= 11 is 0. The summed E-state index contributed by atoms with van der Waals surface area (Å²) in [5.41, 5.74) is 12.3. The van der Waals surface area contributed by atoms with Crippen LogP contribution in [0.15, 0.2) is 25.0 Å². The fourth-order valence-corrected chi connectivity index (χ4v) is 4.31. The van der Waals surface area contributed by atoms with Crippen molar-refractivity contribution < 1.29 is 44.1 Å². The van der Waals surface area contributed by atoms with Crippen LogP contribution in [0.2, 0.25) is 0 Å². The van der Waals surface area contributed by atoms with E-state index >= 15 is 0 Å². The number of nitrogens with two attached hydrogens (primary N) is 2. The molecular weight excluding hydrogens is 608 g/mol. The second kappa shape index (κ2) is 18.8. The third-order valence-electron chi connectivity index (χ3n) is 6.85. The minimum Gasteiger partial charge on any atom is -0.481 e. The number of aliphatic hydroxyl groups excluding tert-OH is 1. The van der Waals surface area contributed by atoms with E-state index in [4.69, 9.17) is 11.5 Å². The average molecular weight is 651 g/mol. The number of hydrogen-bond acceptors (Lipinski definition) is 11. The number of aromatic amines is 2. The molecule has 0 bridgehead atoms. The lowest BCUT2D eigenvalue weighted by atomic mass is 10.0. The molecule has 0 saturated carbocycles. The van der Waals surface area contributed by atoms with E-state index in [1.807, 2.05) is 0 Å². The van der Waals surface area contributed by atoms with Crippen LogP contribution in [0.25, 0.3) is 0 Å². The maximum Gasteiger partial charge on any atom is 0.326 e. The molecule has 2 aromatic rings. The molecule has 2 rings (SSSR count). The number of H-pyrrole nitrogens is 2. The Balaban J connectivity index is 2.21. The van der Waals surface area contributed by atoms with Crippen molar-refractivity contribution >= 4 is 35.6 Å². The smallest absolute Gasteiger partial charge is 0.326 e. The van der Waals surface area contributed by atoms with Gasteiger partial charge in [-0.15, -0.1) is 0 Å². The van der Waals surface area contributed by atoms with Crippen LogP contribution >= 0.6 is 0 Å². The molecule has 46 heavy (non-hydrogen) atoms. The van der Waals surface area contributed by atoms with Gasteiger partial charge in [-0.1, -0.05) is 0 Å². The number of aromatic nitrogens is 4. The van der Waals surface area contributed by atoms with Crippen LogP contribution in [0.3, 0.4) is 0 Å². The fourth-order valence-electron chi connectivity index (χ4n) is 4.31. The first-order valence-corrected chi connectivity index (χ1v) is 14.6. The minimum atomic E-state index is -1.59. The summed E-state index contributed by atoms with van der Waals surface area (Å²) in [5.74, 6) is -6.23. The largest absolute Gasteiger partial charge is 0.481 e. The number of carbonyl (C=O) groups excluding carboxylic acids is 4. The third kappa shape index (κ3) is 12.6. The molecule has 6 atom stereocenters. The number of amides is 4. The van der Waals surface area contributed by atoms with Crippen molar-refractivity contribution in [3.63, 3.8) is 0 Å². The van der Waals surface area contributed by atoms with Gasteiger partial charge in [0, 0.05) is 43.0 Å². The van der Waals surface area contributed by atoms with Gasteiger partial charge in [0.2, 0.25) is 23.6 Å². The molecule has 19 nitrogen and oxygen atoms in total. The van der Waals surface area contributed by atoms with E-state index in [9.17, 15) is 44.1 Å². The summed E-state index contributed by atoms with van der Waals surface area (Å²) in [7, 11) is 0. The zero-order valence-electron chi connectivity index (χ0n) is 25.3. The summed E-state index contributed by atoms with van der Waals surface area (Å²) < 4.78 is 0. The van der Waals surface area contributed by atoms with Crippen molar-refractivity contribution in [2.45, 2.75) is 88.2 Å². The Hall–Kier alpha value is -4.88. The van der Waals surface area contributed by atoms with Crippen molar-refractivity contribution in [2.24, 2.45) is 11.5 Å². The molecule has 0 aliphatic heterocycles. The molecule has 0 aromatic carbocycles. The second-order valence-electron chi connectivity index (χ2n) is 10.6. The molecule has 13 N–H and O–H groups in total. The standard InChI is InChI=1S/C27H42N10O9/c1-14(38)22(37-23(41)17(29)8-15-10-30-12-32-15)26(44)34-18(5-6-21(39)40)24(42)36-20(9-16-11-31-13-33-16)25(43)35-19(27(45)46)4-2-3-7-28/h10-14,17-20,22,38H,2-9,28-29H2,1H3,(H,30,32)(H,31,33)(H,34,44)(H,35,43)(H,36,42)(H,37,41)(H,39,40)(H,45,46)/t14-,17+,18+,19+,20+,22+/m1/s1. The zero-order valence-corrected chi connectivity index (χ0v) is 25.3. The number of nitrogens with zero attached hydrogens (tertiary/aromatic N) is 2. The molecule has 0 saturated heterocycles. The first kappa shape index (κ1) is 37.3. The molecule has 0 radical (unpaired) electrons. The number of carboxylic acid groups (broad SMARTS) is 2. The normalized spacial score (nSPS) is 15.0. The number of carbonyl (C=O) groups is 6. The van der Waals surface area contributed by atoms with Gasteiger partial charge in [-0.05, 0) is 39.2 Å². The minimum absolute atomic E-state index is 0.0408. The van der Waals surface area contributed by atoms with Crippen LogP contribution in [-0.2, 0) is 41.6 Å². The molecule has 19 heteroatoms. The van der Waals surface area contributed by atoms with Gasteiger partial charge < -0.3 is 58.0 Å². The van der Waals surface area contributed by atoms with Gasteiger partial charge in [0.25, 0.3) is 0 Å². The molecule has 4 amide bonds. The van der Waals surface area contributed by atoms with Crippen molar-refractivity contribution in [2.75, 3.05) is 6.54 Å². The molecule has 2 heterocycles. The van der Waals surface area contributed by atoms with Crippen molar-refractivity contribution in [1.82, 2.24) is 41.2 Å². The Kier molecular flexibility index (Phi) is 15.3. The highest BCUT2D eigenvalue weighted by atomic mass is 16.4. The molecule has 0 fully saturated rings. The lowest BCUT2D eigenvalue weighted by Gasteiger charge is -2.27. The quantitative estimate of drug-likeness (QED) is 0.0589. The first-order valence-electron chi connectivity index (χ1n) is 14.6. The highest BCUT2D eigenvalue weighted by molar-refractivity contribution is 5.96. The van der Waals surface area contributed by atoms with Crippen molar-refractivity contribution in [3.8, 4) is 0 Å². The monoisotopic (exact) mass is 650 g/mol. The Morgan fingerprint density at radius 2 is 1.35 bits per heavy atom. The predicted molar refractivity (Wildman–Crippen MR) is 159 cm³/mol. The number of aliphatic carboxylic acids is 2. The SMILES string of the molecule is C[C@@H](O)[C@H](NC(=O)[C@@H](N)Cc1cnc[nH]1)C(=O)N[C@@H](CCC(=O)O)C(=O)N[C@@H](Cc1cnc[nH]1)C(=O)N[C@@H](CCCCN)C(=O)O. The number of aliphatic hydroxyl groups is 1. The number of unbranched alkanes of at least 4 members (excludes halogenated alkanes) is 1. The van der Waals surface area contributed by atoms with Crippen LogP contribution in [0.4, 0.5) is 0 Å². The lowest BCUT2D eigenvalue weighted by Crippen LogP contribution is -2.60. The van der Waals surface area contributed by atoms with Gasteiger partial charge in [0.15, 0.2) is 0 Å². The van der Waals surface area contributed by atoms with Gasteiger partial charge >= 0.3 is 11.9 Å². The number of nitrogens with one attached hydrogen (secondary N) is 6. The van der Waals surface area contributed by atoms with Crippen molar-refractivity contribution in [3.05, 3.63) is 36.4 Å². The summed E-state index contributed by atoms with van der Waals surface area (Å²) in [4.78, 5) is 88.9. The highest BCUT2D eigenvalue weighted by Gasteiger charge is 2.34. The Bertz CT molecular complexity index is 1290. The van der Waals surface area contributed by atoms with E-state index < -0.39 is 84.7 Å². The average Bonchev–Trinajstić information content (AvgIpc) is 3.71. The third-order valence-corrected chi connectivity index (χ3v) is 6.85. The van der Waals surface area contributed by atoms with Crippen LogP contribution < -0.4 is 32.7 Å². The maximum atomic E-state index is 13.4. The molecule has 0 unspecified atom stereocenters. The Labute approximate surface area is 263 Å². The molecule has 0 aliphatic rings. The number of hydrogen-bond donors (Lipinski definition) is 11. The van der Waals surface area contributed by atoms with E-state index in [-0.39, 0.29) is 19.3 Å². The van der Waals surface area contributed by atoms with Gasteiger partial charge in [-0.25, -0.2) is 14.8 Å². The van der Waals surface area contributed by atoms with Crippen LogP contribution in [-0.4, -0.2) is 114 Å². The zero-order chi connectivity index (χ0) is 34.2. The number of rotatable bonds is 21. The molecular formula is C27H42N10O9. The summed E-state index contributed by atoms with van der Waals surface area (Å²) in [6.45, 7) is 1.55. The number of carboxylic acids is 2. The lowest BCUT2D eigenvalue weighted by molar-refractivity contribution is -0.142. The van der Waals surface area contributed by atoms with Gasteiger partial charge in [0.1, 0.15) is 24.2 Å². The number of imidazole rings is 2. The Morgan fingerprint density at radius 1 is 0.783 bits per heavy atom. The van der Waals surface area contributed by atoms with Crippen LogP contribution in [0.1, 0.15) is 50.4 Å². The summed E-state index contributed by atoms with van der Waals surface area (Å²) in [5, 5.41) is 38.6. The van der Waals surface area contributed by atoms with E-state index in [0.29, 0.717) is 30.8 Å². The van der Waals surface area contributed by atoms with E-state index in [1.165, 1.54) is 32.0 Å². The highest BCUT2D eigenvalue weighted by Crippen LogP contribution is 2.07. The van der Waals surface area contributed by atoms with Gasteiger partial charge in [-0.3, -0.25) is 24.0 Å².